The molecule has 1 aromatic rings. The monoisotopic (exact) mass is 190 g/mol. The molecule has 2 heteroatoms. The second-order valence-electron chi connectivity index (χ2n) is 3.43. The Kier molecular flexibility index (Phi) is 4.05. The molecule has 1 atom stereocenters. The van der Waals surface area contributed by atoms with Crippen LogP contribution in [-0.4, -0.2) is 12.1 Å². The van der Waals surface area contributed by atoms with Gasteiger partial charge in [-0.2, -0.15) is 0 Å². The Bertz CT molecular complexity index is 303. The zero-order valence-electron chi connectivity index (χ0n) is 8.27. The molecule has 0 heterocycles. The Morgan fingerprint density at radius 3 is 2.57 bits per heavy atom. The van der Waals surface area contributed by atoms with Crippen molar-refractivity contribution in [3.05, 3.63) is 35.9 Å². The minimum atomic E-state index is 0.0105. The maximum atomic E-state index is 11.2. The number of Topliss-reactive ketones (excluding diaryl/α,β-unsaturated/α-hetero) is 1. The van der Waals surface area contributed by atoms with E-state index in [9.17, 15) is 9.59 Å². The van der Waals surface area contributed by atoms with Crippen LogP contribution < -0.4 is 0 Å². The molecule has 0 fully saturated rings. The minimum absolute atomic E-state index is 0.0105. The molecule has 0 saturated carbocycles. The van der Waals surface area contributed by atoms with Crippen LogP contribution in [0.3, 0.4) is 0 Å². The van der Waals surface area contributed by atoms with Gasteiger partial charge in [0.05, 0.1) is 6.42 Å². The van der Waals surface area contributed by atoms with Crippen LogP contribution in [0.2, 0.25) is 0 Å². The van der Waals surface area contributed by atoms with E-state index in [0.717, 1.165) is 5.56 Å². The lowest BCUT2D eigenvalue weighted by Gasteiger charge is -2.09. The highest BCUT2D eigenvalue weighted by atomic mass is 16.1. The van der Waals surface area contributed by atoms with E-state index in [2.05, 4.69) is 0 Å². The van der Waals surface area contributed by atoms with Gasteiger partial charge in [0.15, 0.2) is 0 Å². The van der Waals surface area contributed by atoms with Gasteiger partial charge in [-0.05, 0) is 11.5 Å². The summed E-state index contributed by atoms with van der Waals surface area (Å²) < 4.78 is 0. The van der Waals surface area contributed by atoms with Crippen molar-refractivity contribution in [2.45, 2.75) is 25.7 Å². The first kappa shape index (κ1) is 10.6. The molecular weight excluding hydrogens is 176 g/mol. The fraction of sp³-hybridized carbons (Fsp3) is 0.333. The van der Waals surface area contributed by atoms with E-state index in [0.29, 0.717) is 12.7 Å². The average molecular weight is 190 g/mol. The Balaban J connectivity index is 2.54. The van der Waals surface area contributed by atoms with Crippen molar-refractivity contribution in [2.75, 3.05) is 0 Å². The second kappa shape index (κ2) is 5.32. The predicted octanol–water partition coefficient (Wildman–Crippen LogP) is 2.34. The minimum Gasteiger partial charge on any atom is -0.303 e. The van der Waals surface area contributed by atoms with Gasteiger partial charge in [0.1, 0.15) is 12.1 Å². The van der Waals surface area contributed by atoms with E-state index in [1.54, 1.807) is 0 Å². The SMILES string of the molecule is CC(CC(=O)CC=O)c1ccccc1. The maximum Gasteiger partial charge on any atom is 0.140 e. The number of rotatable bonds is 5. The molecule has 1 aromatic carbocycles. The first-order valence-electron chi connectivity index (χ1n) is 4.74. The summed E-state index contributed by atoms with van der Waals surface area (Å²) in [5.41, 5.74) is 1.15. The van der Waals surface area contributed by atoms with Crippen LogP contribution >= 0.6 is 0 Å². The highest BCUT2D eigenvalue weighted by molar-refractivity contribution is 5.90. The quantitative estimate of drug-likeness (QED) is 0.527. The molecule has 1 unspecified atom stereocenters. The lowest BCUT2D eigenvalue weighted by atomic mass is 9.95. The molecule has 0 bridgehead atoms. The van der Waals surface area contributed by atoms with Crippen molar-refractivity contribution in [1.29, 1.82) is 0 Å². The topological polar surface area (TPSA) is 34.1 Å². The van der Waals surface area contributed by atoms with Crippen LogP contribution in [0.4, 0.5) is 0 Å². The summed E-state index contributed by atoms with van der Waals surface area (Å²) >= 11 is 0. The smallest absolute Gasteiger partial charge is 0.140 e. The summed E-state index contributed by atoms with van der Waals surface area (Å²) in [6.45, 7) is 2.00. The van der Waals surface area contributed by atoms with Crippen molar-refractivity contribution in [1.82, 2.24) is 0 Å². The van der Waals surface area contributed by atoms with E-state index < -0.39 is 0 Å². The Morgan fingerprint density at radius 1 is 1.36 bits per heavy atom. The van der Waals surface area contributed by atoms with Crippen LogP contribution in [0.1, 0.15) is 31.2 Å². The zero-order chi connectivity index (χ0) is 10.4. The van der Waals surface area contributed by atoms with E-state index in [1.807, 2.05) is 37.3 Å². The molecule has 0 amide bonds. The molecule has 0 aliphatic rings. The third-order valence-electron chi connectivity index (χ3n) is 2.21. The first-order chi connectivity index (χ1) is 6.74. The van der Waals surface area contributed by atoms with Crippen molar-refractivity contribution in [3.63, 3.8) is 0 Å². The van der Waals surface area contributed by atoms with Gasteiger partial charge in [-0.1, -0.05) is 37.3 Å². The van der Waals surface area contributed by atoms with Crippen LogP contribution in [0.25, 0.3) is 0 Å². The van der Waals surface area contributed by atoms with E-state index in [-0.39, 0.29) is 18.1 Å². The molecule has 14 heavy (non-hydrogen) atoms. The summed E-state index contributed by atoms with van der Waals surface area (Å²) in [5, 5.41) is 0. The third-order valence-corrected chi connectivity index (χ3v) is 2.21. The van der Waals surface area contributed by atoms with Crippen molar-refractivity contribution in [3.8, 4) is 0 Å². The lowest BCUT2D eigenvalue weighted by molar-refractivity contribution is -0.122. The Hall–Kier alpha value is -1.44. The van der Waals surface area contributed by atoms with Gasteiger partial charge in [-0.15, -0.1) is 0 Å². The van der Waals surface area contributed by atoms with E-state index in [1.165, 1.54) is 0 Å². The fourth-order valence-electron chi connectivity index (χ4n) is 1.42. The summed E-state index contributed by atoms with van der Waals surface area (Å²) in [6, 6.07) is 9.85. The highest BCUT2D eigenvalue weighted by Crippen LogP contribution is 2.18. The van der Waals surface area contributed by atoms with Gasteiger partial charge in [0, 0.05) is 6.42 Å². The standard InChI is InChI=1S/C12H14O2/c1-10(9-12(14)7-8-13)11-5-3-2-4-6-11/h2-6,8,10H,7,9H2,1H3. The normalized spacial score (nSPS) is 12.1. The van der Waals surface area contributed by atoms with Gasteiger partial charge in [-0.3, -0.25) is 4.79 Å². The second-order valence-corrected chi connectivity index (χ2v) is 3.43. The predicted molar refractivity (Wildman–Crippen MR) is 55.2 cm³/mol. The van der Waals surface area contributed by atoms with Crippen LogP contribution in [-0.2, 0) is 9.59 Å². The molecule has 0 aliphatic carbocycles. The number of carbonyl (C=O) groups is 2. The van der Waals surface area contributed by atoms with Crippen LogP contribution in [0, 0.1) is 0 Å². The van der Waals surface area contributed by atoms with Crippen molar-refractivity contribution in [2.24, 2.45) is 0 Å². The molecule has 74 valence electrons. The van der Waals surface area contributed by atoms with Gasteiger partial charge >= 0.3 is 0 Å². The molecular formula is C12H14O2. The Morgan fingerprint density at radius 2 is 2.00 bits per heavy atom. The summed E-state index contributed by atoms with van der Waals surface area (Å²) in [4.78, 5) is 21.3. The number of hydrogen-bond donors (Lipinski definition) is 0. The molecule has 0 N–H and O–H groups in total. The largest absolute Gasteiger partial charge is 0.303 e. The molecule has 2 nitrogen and oxygen atoms in total. The van der Waals surface area contributed by atoms with Crippen molar-refractivity contribution < 1.29 is 9.59 Å². The number of ketones is 1. The van der Waals surface area contributed by atoms with E-state index >= 15 is 0 Å². The van der Waals surface area contributed by atoms with E-state index in [4.69, 9.17) is 0 Å². The zero-order valence-corrected chi connectivity index (χ0v) is 8.27. The van der Waals surface area contributed by atoms with Crippen molar-refractivity contribution >= 4 is 12.1 Å². The summed E-state index contributed by atoms with van der Waals surface area (Å²) in [5.74, 6) is 0.208. The van der Waals surface area contributed by atoms with Gasteiger partial charge in [-0.25, -0.2) is 0 Å². The number of aldehydes is 1. The number of carbonyl (C=O) groups excluding carboxylic acids is 2. The van der Waals surface area contributed by atoms with Gasteiger partial charge < -0.3 is 4.79 Å². The Labute approximate surface area is 83.9 Å². The molecule has 0 aliphatic heterocycles. The van der Waals surface area contributed by atoms with Crippen LogP contribution in [0.5, 0.6) is 0 Å². The van der Waals surface area contributed by atoms with Gasteiger partial charge in [0.25, 0.3) is 0 Å². The average Bonchev–Trinajstić information content (AvgIpc) is 2.19. The third kappa shape index (κ3) is 3.13. The molecule has 0 spiro atoms. The number of benzene rings is 1. The summed E-state index contributed by atoms with van der Waals surface area (Å²) in [6.07, 6.45) is 1.15. The highest BCUT2D eigenvalue weighted by Gasteiger charge is 2.09. The molecule has 1 rings (SSSR count). The number of hydrogen-bond acceptors (Lipinski definition) is 2. The van der Waals surface area contributed by atoms with Gasteiger partial charge in [0.2, 0.25) is 0 Å². The first-order valence-corrected chi connectivity index (χ1v) is 4.74. The maximum absolute atomic E-state index is 11.2. The molecule has 0 radical (unpaired) electrons. The molecule has 0 aromatic heterocycles. The lowest BCUT2D eigenvalue weighted by Crippen LogP contribution is -2.04. The van der Waals surface area contributed by atoms with Crippen LogP contribution in [0.15, 0.2) is 30.3 Å². The molecule has 0 saturated heterocycles. The summed E-state index contributed by atoms with van der Waals surface area (Å²) in [7, 11) is 0. The fourth-order valence-corrected chi connectivity index (χ4v) is 1.42.